The van der Waals surface area contributed by atoms with Crippen molar-refractivity contribution >= 4 is 5.91 Å². The number of rotatable bonds is 10. The normalized spacial score (nSPS) is 18.2. The Bertz CT molecular complexity index is 1220. The van der Waals surface area contributed by atoms with Gasteiger partial charge in [0.15, 0.2) is 11.5 Å². The number of aryl methyl sites for hydroxylation is 1. The first-order valence-electron chi connectivity index (χ1n) is 12.6. The monoisotopic (exact) mass is 526 g/mol. The standard InChI is InChI=1S/C28H35FN4O5/c1-21-15-30-33(16-21)12-13-37-26-9-4-23(14-27(26)36-3)17-31-10-11-32(22(2)34)19-28(35,18-31)20-38-25-7-5-24(29)6-8-25/h4-9,14-16,35H,10-13,17-20H2,1-3H3/t28-/m0/s1. The van der Waals surface area contributed by atoms with Crippen LogP contribution < -0.4 is 14.2 Å². The minimum atomic E-state index is -1.31. The second kappa shape index (κ2) is 12.3. The maximum absolute atomic E-state index is 13.2. The van der Waals surface area contributed by atoms with Crippen molar-refractivity contribution in [1.29, 1.82) is 0 Å². The number of benzene rings is 2. The topological polar surface area (TPSA) is 89.3 Å². The summed E-state index contributed by atoms with van der Waals surface area (Å²) in [6.07, 6.45) is 3.77. The average molecular weight is 527 g/mol. The Morgan fingerprint density at radius 1 is 1.11 bits per heavy atom. The van der Waals surface area contributed by atoms with Gasteiger partial charge in [0.05, 0.1) is 26.4 Å². The molecule has 1 amide bonds. The molecule has 0 unspecified atom stereocenters. The molecule has 4 rings (SSSR count). The molecule has 2 aromatic carbocycles. The number of amides is 1. The lowest BCUT2D eigenvalue weighted by molar-refractivity contribution is -0.132. The smallest absolute Gasteiger partial charge is 0.219 e. The molecule has 0 spiro atoms. The van der Waals surface area contributed by atoms with Crippen LogP contribution in [0.25, 0.3) is 0 Å². The molecule has 204 valence electrons. The summed E-state index contributed by atoms with van der Waals surface area (Å²) in [6.45, 7) is 6.57. The Labute approximate surface area is 222 Å². The van der Waals surface area contributed by atoms with E-state index in [4.69, 9.17) is 14.2 Å². The van der Waals surface area contributed by atoms with Gasteiger partial charge in [0.25, 0.3) is 0 Å². The van der Waals surface area contributed by atoms with Gasteiger partial charge in [-0.2, -0.15) is 5.10 Å². The molecule has 2 heterocycles. The molecule has 38 heavy (non-hydrogen) atoms. The number of halogens is 1. The van der Waals surface area contributed by atoms with Gasteiger partial charge in [-0.15, -0.1) is 0 Å². The number of aromatic nitrogens is 2. The van der Waals surface area contributed by atoms with Crippen LogP contribution in [-0.4, -0.2) is 82.7 Å². The Kier molecular flexibility index (Phi) is 8.85. The van der Waals surface area contributed by atoms with E-state index in [1.807, 2.05) is 42.2 Å². The molecule has 1 aliphatic rings. The predicted molar refractivity (Wildman–Crippen MR) is 140 cm³/mol. The van der Waals surface area contributed by atoms with Crippen molar-refractivity contribution in [3.05, 3.63) is 71.8 Å². The van der Waals surface area contributed by atoms with Crippen molar-refractivity contribution < 1.29 is 28.5 Å². The zero-order valence-corrected chi connectivity index (χ0v) is 22.1. The number of hydrogen-bond acceptors (Lipinski definition) is 7. The van der Waals surface area contributed by atoms with Crippen molar-refractivity contribution in [3.63, 3.8) is 0 Å². The zero-order valence-electron chi connectivity index (χ0n) is 22.1. The molecule has 1 aromatic heterocycles. The fourth-order valence-electron chi connectivity index (χ4n) is 4.51. The Hall–Kier alpha value is -3.63. The van der Waals surface area contributed by atoms with Gasteiger partial charge in [-0.3, -0.25) is 14.4 Å². The van der Waals surface area contributed by atoms with Crippen LogP contribution in [0.1, 0.15) is 18.1 Å². The van der Waals surface area contributed by atoms with Gasteiger partial charge in [0.2, 0.25) is 5.91 Å². The highest BCUT2D eigenvalue weighted by molar-refractivity contribution is 5.73. The minimum absolute atomic E-state index is 0.0369. The third-order valence-electron chi connectivity index (χ3n) is 6.43. The number of methoxy groups -OCH3 is 1. The lowest BCUT2D eigenvalue weighted by atomic mass is 10.0. The van der Waals surface area contributed by atoms with Crippen LogP contribution in [0.4, 0.5) is 4.39 Å². The molecule has 1 aliphatic heterocycles. The average Bonchev–Trinajstić information content (AvgIpc) is 3.23. The highest BCUT2D eigenvalue weighted by atomic mass is 19.1. The molecule has 1 saturated heterocycles. The fourth-order valence-corrected chi connectivity index (χ4v) is 4.51. The molecule has 0 radical (unpaired) electrons. The van der Waals surface area contributed by atoms with Crippen LogP contribution in [0.15, 0.2) is 54.9 Å². The maximum atomic E-state index is 13.2. The van der Waals surface area contributed by atoms with E-state index in [0.717, 1.165) is 11.1 Å². The quantitative estimate of drug-likeness (QED) is 0.435. The lowest BCUT2D eigenvalue weighted by Crippen LogP contribution is -2.51. The molecule has 0 aliphatic carbocycles. The van der Waals surface area contributed by atoms with Crippen molar-refractivity contribution in [2.45, 2.75) is 32.5 Å². The van der Waals surface area contributed by atoms with Gasteiger partial charge in [0.1, 0.15) is 30.4 Å². The van der Waals surface area contributed by atoms with Crippen LogP contribution in [0, 0.1) is 12.7 Å². The number of ether oxygens (including phenoxy) is 3. The highest BCUT2D eigenvalue weighted by Gasteiger charge is 2.37. The molecule has 0 bridgehead atoms. The summed E-state index contributed by atoms with van der Waals surface area (Å²) in [4.78, 5) is 15.9. The van der Waals surface area contributed by atoms with Gasteiger partial charge < -0.3 is 24.2 Å². The van der Waals surface area contributed by atoms with Crippen molar-refractivity contribution in [1.82, 2.24) is 19.6 Å². The highest BCUT2D eigenvalue weighted by Crippen LogP contribution is 2.29. The van der Waals surface area contributed by atoms with Gasteiger partial charge in [-0.25, -0.2) is 4.39 Å². The van der Waals surface area contributed by atoms with E-state index in [1.165, 1.54) is 31.2 Å². The fraction of sp³-hybridized carbons (Fsp3) is 0.429. The summed E-state index contributed by atoms with van der Waals surface area (Å²) in [5, 5.41) is 15.8. The summed E-state index contributed by atoms with van der Waals surface area (Å²) in [5.41, 5.74) is 0.768. The summed E-state index contributed by atoms with van der Waals surface area (Å²) in [7, 11) is 1.60. The molecular formula is C28H35FN4O5. The molecule has 3 aromatic rings. The molecule has 1 fully saturated rings. The Morgan fingerprint density at radius 3 is 2.58 bits per heavy atom. The van der Waals surface area contributed by atoms with E-state index in [9.17, 15) is 14.3 Å². The first kappa shape index (κ1) is 27.4. The minimum Gasteiger partial charge on any atom is -0.493 e. The third-order valence-corrected chi connectivity index (χ3v) is 6.43. The zero-order chi connectivity index (χ0) is 27.1. The number of carbonyl (C=O) groups is 1. The van der Waals surface area contributed by atoms with Gasteiger partial charge in [-0.1, -0.05) is 6.07 Å². The number of carbonyl (C=O) groups excluding carboxylic acids is 1. The van der Waals surface area contributed by atoms with Crippen molar-refractivity contribution in [2.75, 3.05) is 46.5 Å². The lowest BCUT2D eigenvalue weighted by Gasteiger charge is -2.32. The number of aliphatic hydroxyl groups is 1. The molecule has 0 saturated carbocycles. The summed E-state index contributed by atoms with van der Waals surface area (Å²) < 4.78 is 32.4. The SMILES string of the molecule is COc1cc(CN2CCN(C(C)=O)C[C@](O)(COc3ccc(F)cc3)C2)ccc1OCCn1cc(C)cn1. The van der Waals surface area contributed by atoms with E-state index in [-0.39, 0.29) is 24.9 Å². The van der Waals surface area contributed by atoms with E-state index in [0.29, 0.717) is 56.6 Å². The van der Waals surface area contributed by atoms with Crippen LogP contribution in [0.3, 0.4) is 0 Å². The second-order valence-corrected chi connectivity index (χ2v) is 9.73. The Morgan fingerprint density at radius 2 is 1.89 bits per heavy atom. The van der Waals surface area contributed by atoms with Crippen LogP contribution in [-0.2, 0) is 17.9 Å². The third kappa shape index (κ3) is 7.45. The van der Waals surface area contributed by atoms with Crippen LogP contribution in [0.2, 0.25) is 0 Å². The number of nitrogens with zero attached hydrogens (tertiary/aromatic N) is 4. The van der Waals surface area contributed by atoms with Crippen molar-refractivity contribution in [3.8, 4) is 17.2 Å². The first-order chi connectivity index (χ1) is 18.2. The van der Waals surface area contributed by atoms with E-state index in [1.54, 1.807) is 12.0 Å². The maximum Gasteiger partial charge on any atom is 0.219 e. The number of hydrogen-bond donors (Lipinski definition) is 1. The Balaban J connectivity index is 1.41. The van der Waals surface area contributed by atoms with Crippen LogP contribution >= 0.6 is 0 Å². The molecule has 1 N–H and O–H groups in total. The van der Waals surface area contributed by atoms with Crippen molar-refractivity contribution in [2.24, 2.45) is 0 Å². The summed E-state index contributed by atoms with van der Waals surface area (Å²) >= 11 is 0. The van der Waals surface area contributed by atoms with Gasteiger partial charge in [-0.05, 0) is 54.4 Å². The first-order valence-corrected chi connectivity index (χ1v) is 12.6. The predicted octanol–water partition coefficient (Wildman–Crippen LogP) is 2.89. The summed E-state index contributed by atoms with van der Waals surface area (Å²) in [6, 6.07) is 11.4. The largest absolute Gasteiger partial charge is 0.493 e. The van der Waals surface area contributed by atoms with Crippen LogP contribution in [0.5, 0.6) is 17.2 Å². The summed E-state index contributed by atoms with van der Waals surface area (Å²) in [5.74, 6) is 1.24. The molecular weight excluding hydrogens is 491 g/mol. The molecule has 9 nitrogen and oxygen atoms in total. The molecule has 1 atom stereocenters. The van der Waals surface area contributed by atoms with Gasteiger partial charge in [0, 0.05) is 39.3 Å². The van der Waals surface area contributed by atoms with Gasteiger partial charge >= 0.3 is 0 Å². The second-order valence-electron chi connectivity index (χ2n) is 9.73. The molecule has 10 heteroatoms. The van der Waals surface area contributed by atoms with E-state index >= 15 is 0 Å². The van der Waals surface area contributed by atoms with E-state index < -0.39 is 5.60 Å². The number of β-amino-alcohol motifs (C(OH)–C–C–N with tert-alkyl or cyclic N) is 1. The van der Waals surface area contributed by atoms with E-state index in [2.05, 4.69) is 10.00 Å².